The predicted molar refractivity (Wildman–Crippen MR) is 72.7 cm³/mol. The van der Waals surface area contributed by atoms with Crippen molar-refractivity contribution in [3.63, 3.8) is 0 Å². The van der Waals surface area contributed by atoms with Gasteiger partial charge in [-0.05, 0) is 36.6 Å². The number of carbonyl (C=O) groups excluding carboxylic acids is 1. The van der Waals surface area contributed by atoms with Crippen molar-refractivity contribution in [1.29, 1.82) is 0 Å². The molecule has 1 amide bonds. The minimum atomic E-state index is -0.150. The third-order valence-electron chi connectivity index (χ3n) is 2.93. The molecule has 0 spiro atoms. The molecule has 1 heterocycles. The molecule has 92 valence electrons. The van der Waals surface area contributed by atoms with E-state index in [2.05, 4.69) is 10.3 Å². The SMILES string of the molecule is O=C1NC(C2CC2)=N/C1=C/c1ccc(Cl)c(Cl)c1. The first-order chi connectivity index (χ1) is 8.63. The molecule has 5 heteroatoms. The molecule has 3 nitrogen and oxygen atoms in total. The van der Waals surface area contributed by atoms with Crippen LogP contribution in [0.25, 0.3) is 6.08 Å². The van der Waals surface area contributed by atoms with Crippen LogP contribution in [-0.4, -0.2) is 11.7 Å². The number of benzene rings is 1. The smallest absolute Gasteiger partial charge is 0.275 e. The highest BCUT2D eigenvalue weighted by Gasteiger charge is 2.33. The molecular weight excluding hydrogens is 271 g/mol. The number of amides is 1. The summed E-state index contributed by atoms with van der Waals surface area (Å²) in [6, 6.07) is 5.22. The second kappa shape index (κ2) is 4.41. The lowest BCUT2D eigenvalue weighted by Crippen LogP contribution is -2.25. The molecular formula is C13H10Cl2N2O. The molecule has 0 radical (unpaired) electrons. The number of rotatable bonds is 2. The fraction of sp³-hybridized carbons (Fsp3) is 0.231. The number of hydrogen-bond acceptors (Lipinski definition) is 2. The summed E-state index contributed by atoms with van der Waals surface area (Å²) in [5.74, 6) is 1.09. The zero-order valence-electron chi connectivity index (χ0n) is 9.41. The first-order valence-electron chi connectivity index (χ1n) is 5.70. The fourth-order valence-corrected chi connectivity index (χ4v) is 2.10. The predicted octanol–water partition coefficient (Wildman–Crippen LogP) is 3.27. The second-order valence-corrected chi connectivity index (χ2v) is 5.24. The molecule has 0 bridgehead atoms. The number of nitrogens with zero attached hydrogens (tertiary/aromatic N) is 1. The molecule has 18 heavy (non-hydrogen) atoms. The Morgan fingerprint density at radius 3 is 2.72 bits per heavy atom. The highest BCUT2D eigenvalue weighted by Crippen LogP contribution is 2.32. The van der Waals surface area contributed by atoms with Crippen molar-refractivity contribution in [3.8, 4) is 0 Å². The van der Waals surface area contributed by atoms with Crippen molar-refractivity contribution >= 4 is 41.0 Å². The molecule has 0 unspecified atom stereocenters. The van der Waals surface area contributed by atoms with Crippen LogP contribution in [0.4, 0.5) is 0 Å². The van der Waals surface area contributed by atoms with Crippen molar-refractivity contribution < 1.29 is 4.79 Å². The highest BCUT2D eigenvalue weighted by atomic mass is 35.5. The molecule has 1 N–H and O–H groups in total. The van der Waals surface area contributed by atoms with Crippen LogP contribution in [0.5, 0.6) is 0 Å². The van der Waals surface area contributed by atoms with E-state index in [0.717, 1.165) is 24.2 Å². The molecule has 1 aliphatic heterocycles. The first kappa shape index (κ1) is 11.8. The van der Waals surface area contributed by atoms with Crippen molar-refractivity contribution in [3.05, 3.63) is 39.5 Å². The number of halogens is 2. The van der Waals surface area contributed by atoms with Crippen LogP contribution < -0.4 is 5.32 Å². The maximum Gasteiger partial charge on any atom is 0.275 e. The summed E-state index contributed by atoms with van der Waals surface area (Å²) in [5, 5.41) is 3.76. The van der Waals surface area contributed by atoms with E-state index in [-0.39, 0.29) is 5.91 Å². The summed E-state index contributed by atoms with van der Waals surface area (Å²) < 4.78 is 0. The quantitative estimate of drug-likeness (QED) is 0.830. The van der Waals surface area contributed by atoms with Crippen LogP contribution >= 0.6 is 23.2 Å². The van der Waals surface area contributed by atoms with Crippen LogP contribution in [-0.2, 0) is 4.79 Å². The van der Waals surface area contributed by atoms with Crippen LogP contribution in [0.1, 0.15) is 18.4 Å². The first-order valence-corrected chi connectivity index (χ1v) is 6.46. The Hall–Kier alpha value is -1.32. The van der Waals surface area contributed by atoms with Gasteiger partial charge in [0, 0.05) is 5.92 Å². The third-order valence-corrected chi connectivity index (χ3v) is 3.67. The van der Waals surface area contributed by atoms with Gasteiger partial charge in [-0.3, -0.25) is 4.79 Å². The van der Waals surface area contributed by atoms with E-state index in [1.165, 1.54) is 0 Å². The van der Waals surface area contributed by atoms with E-state index in [1.54, 1.807) is 24.3 Å². The van der Waals surface area contributed by atoms with Crippen molar-refractivity contribution in [2.45, 2.75) is 12.8 Å². The molecule has 1 aliphatic carbocycles. The molecule has 1 saturated carbocycles. The lowest BCUT2D eigenvalue weighted by Gasteiger charge is -1.98. The van der Waals surface area contributed by atoms with Gasteiger partial charge < -0.3 is 5.32 Å². The summed E-state index contributed by atoms with van der Waals surface area (Å²) in [4.78, 5) is 16.0. The highest BCUT2D eigenvalue weighted by molar-refractivity contribution is 6.42. The maximum atomic E-state index is 11.7. The Morgan fingerprint density at radius 1 is 1.28 bits per heavy atom. The van der Waals surface area contributed by atoms with Crippen LogP contribution in [0.2, 0.25) is 10.0 Å². The Kier molecular flexibility index (Phi) is 2.88. The van der Waals surface area contributed by atoms with E-state index in [9.17, 15) is 4.79 Å². The van der Waals surface area contributed by atoms with Gasteiger partial charge >= 0.3 is 0 Å². The monoisotopic (exact) mass is 280 g/mol. The van der Waals surface area contributed by atoms with Gasteiger partial charge in [0.15, 0.2) is 0 Å². The minimum absolute atomic E-state index is 0.150. The topological polar surface area (TPSA) is 41.5 Å². The van der Waals surface area contributed by atoms with Crippen molar-refractivity contribution in [1.82, 2.24) is 5.32 Å². The van der Waals surface area contributed by atoms with Crippen LogP contribution in [0, 0.1) is 5.92 Å². The molecule has 0 atom stereocenters. The van der Waals surface area contributed by atoms with E-state index in [0.29, 0.717) is 21.7 Å². The Balaban J connectivity index is 1.91. The normalized spacial score (nSPS) is 21.1. The summed E-state index contributed by atoms with van der Waals surface area (Å²) in [6.45, 7) is 0. The zero-order valence-corrected chi connectivity index (χ0v) is 10.9. The molecule has 3 rings (SSSR count). The van der Waals surface area contributed by atoms with Gasteiger partial charge in [-0.1, -0.05) is 29.3 Å². The number of amidine groups is 1. The van der Waals surface area contributed by atoms with E-state index in [4.69, 9.17) is 23.2 Å². The lowest BCUT2D eigenvalue weighted by atomic mass is 10.2. The fourth-order valence-electron chi connectivity index (χ4n) is 1.80. The molecule has 0 saturated heterocycles. The van der Waals surface area contributed by atoms with Crippen LogP contribution in [0.15, 0.2) is 28.9 Å². The minimum Gasteiger partial charge on any atom is -0.308 e. The maximum absolute atomic E-state index is 11.7. The van der Waals surface area contributed by atoms with E-state index < -0.39 is 0 Å². The summed E-state index contributed by atoms with van der Waals surface area (Å²) >= 11 is 11.8. The summed E-state index contributed by atoms with van der Waals surface area (Å²) in [5.41, 5.74) is 1.24. The average molecular weight is 281 g/mol. The van der Waals surface area contributed by atoms with Gasteiger partial charge in [-0.2, -0.15) is 0 Å². The Labute approximate surface area is 114 Å². The van der Waals surface area contributed by atoms with Gasteiger partial charge in [-0.15, -0.1) is 0 Å². The van der Waals surface area contributed by atoms with Crippen molar-refractivity contribution in [2.24, 2.45) is 10.9 Å². The molecule has 1 aromatic rings. The standard InChI is InChI=1S/C13H10Cl2N2O/c14-9-4-1-7(5-10(9)15)6-11-13(18)17-12(16-11)8-2-3-8/h1,4-6,8H,2-3H2,(H,16,17,18)/b11-6+. The summed E-state index contributed by atoms with van der Waals surface area (Å²) in [6.07, 6.45) is 3.94. The molecule has 0 aromatic heterocycles. The zero-order chi connectivity index (χ0) is 12.7. The lowest BCUT2D eigenvalue weighted by molar-refractivity contribution is -0.115. The number of nitrogens with one attached hydrogen (secondary N) is 1. The van der Waals surface area contributed by atoms with Crippen LogP contribution in [0.3, 0.4) is 0 Å². The van der Waals surface area contributed by atoms with Gasteiger partial charge in [0.05, 0.1) is 10.0 Å². The molecule has 1 fully saturated rings. The van der Waals surface area contributed by atoms with Gasteiger partial charge in [0.1, 0.15) is 11.5 Å². The third kappa shape index (κ3) is 2.28. The Morgan fingerprint density at radius 2 is 2.06 bits per heavy atom. The largest absolute Gasteiger partial charge is 0.308 e. The number of hydrogen-bond donors (Lipinski definition) is 1. The van der Waals surface area contributed by atoms with E-state index >= 15 is 0 Å². The van der Waals surface area contributed by atoms with E-state index in [1.807, 2.05) is 0 Å². The molecule has 1 aromatic carbocycles. The molecule has 2 aliphatic rings. The van der Waals surface area contributed by atoms with Gasteiger partial charge in [0.2, 0.25) is 0 Å². The summed E-state index contributed by atoms with van der Waals surface area (Å²) in [7, 11) is 0. The van der Waals surface area contributed by atoms with Gasteiger partial charge in [0.25, 0.3) is 5.91 Å². The number of carbonyl (C=O) groups is 1. The number of aliphatic imine (C=N–C) groups is 1. The average Bonchev–Trinajstić information content (AvgIpc) is 3.11. The Bertz CT molecular complexity index is 589. The van der Waals surface area contributed by atoms with Crippen molar-refractivity contribution in [2.75, 3.05) is 0 Å². The van der Waals surface area contributed by atoms with Gasteiger partial charge in [-0.25, -0.2) is 4.99 Å². The second-order valence-electron chi connectivity index (χ2n) is 4.43.